The minimum absolute atomic E-state index is 0.108. The van der Waals surface area contributed by atoms with E-state index in [0.717, 1.165) is 28.8 Å². The van der Waals surface area contributed by atoms with Crippen molar-refractivity contribution in [3.63, 3.8) is 0 Å². The maximum atomic E-state index is 12.9. The third-order valence-electron chi connectivity index (χ3n) is 5.12. The molecule has 0 saturated heterocycles. The van der Waals surface area contributed by atoms with Gasteiger partial charge >= 0.3 is 0 Å². The van der Waals surface area contributed by atoms with Crippen LogP contribution in [0.1, 0.15) is 28.8 Å². The van der Waals surface area contributed by atoms with Crippen LogP contribution in [0.5, 0.6) is 0 Å². The van der Waals surface area contributed by atoms with Crippen molar-refractivity contribution in [2.75, 3.05) is 11.6 Å². The number of hydrogen-bond donors (Lipinski definition) is 1. The largest absolute Gasteiger partial charge is 0.301 e. The predicted molar refractivity (Wildman–Crippen MR) is 115 cm³/mol. The van der Waals surface area contributed by atoms with Gasteiger partial charge in [-0.05, 0) is 42.2 Å². The summed E-state index contributed by atoms with van der Waals surface area (Å²) in [6, 6.07) is 14.2. The smallest absolute Gasteiger partial charge is 0.236 e. The number of aromatic nitrogens is 1. The van der Waals surface area contributed by atoms with E-state index in [9.17, 15) is 13.2 Å². The van der Waals surface area contributed by atoms with E-state index < -0.39 is 15.3 Å². The average Bonchev–Trinajstić information content (AvgIpc) is 3.39. The van der Waals surface area contributed by atoms with E-state index in [0.29, 0.717) is 16.6 Å². The van der Waals surface area contributed by atoms with Gasteiger partial charge in [-0.1, -0.05) is 41.9 Å². The van der Waals surface area contributed by atoms with Gasteiger partial charge in [-0.2, -0.15) is 0 Å². The summed E-state index contributed by atoms with van der Waals surface area (Å²) in [4.78, 5) is 18.5. The Labute approximate surface area is 178 Å². The summed E-state index contributed by atoms with van der Waals surface area (Å²) in [5.74, 6) is -0.108. The number of amides is 1. The van der Waals surface area contributed by atoms with Crippen LogP contribution in [0.2, 0.25) is 5.02 Å². The molecular formula is C21H19ClN2O3S2. The molecule has 150 valence electrons. The van der Waals surface area contributed by atoms with Crippen LogP contribution in [0.3, 0.4) is 0 Å². The molecule has 1 heterocycles. The van der Waals surface area contributed by atoms with Crippen molar-refractivity contribution in [3.8, 4) is 0 Å². The summed E-state index contributed by atoms with van der Waals surface area (Å²) < 4.78 is 23.3. The average molecular weight is 447 g/mol. The Bertz CT molecular complexity index is 1170. The van der Waals surface area contributed by atoms with E-state index in [1.54, 1.807) is 30.5 Å². The van der Waals surface area contributed by atoms with Crippen LogP contribution < -0.4 is 5.32 Å². The van der Waals surface area contributed by atoms with E-state index in [2.05, 4.69) is 10.3 Å². The summed E-state index contributed by atoms with van der Waals surface area (Å²) >= 11 is 7.65. The molecule has 1 aliphatic carbocycles. The van der Waals surface area contributed by atoms with Crippen molar-refractivity contribution in [1.82, 2.24) is 4.98 Å². The van der Waals surface area contributed by atoms with Gasteiger partial charge in [0.25, 0.3) is 0 Å². The SMILES string of the molecule is CS(=O)(=O)c1ccc(C2(C(=O)Nc3ncc(Cc4ccccc4Cl)s3)CC2)cc1. The highest BCUT2D eigenvalue weighted by Gasteiger charge is 2.51. The van der Waals surface area contributed by atoms with Gasteiger partial charge in [0.1, 0.15) is 0 Å². The van der Waals surface area contributed by atoms with Crippen molar-refractivity contribution in [1.29, 1.82) is 0 Å². The predicted octanol–water partition coefficient (Wildman–Crippen LogP) is 4.46. The Morgan fingerprint density at radius 3 is 2.48 bits per heavy atom. The fourth-order valence-electron chi connectivity index (χ4n) is 3.29. The quantitative estimate of drug-likeness (QED) is 0.606. The van der Waals surface area contributed by atoms with Crippen LogP contribution in [0.15, 0.2) is 59.6 Å². The third kappa shape index (κ3) is 4.22. The molecule has 0 spiro atoms. The zero-order chi connectivity index (χ0) is 20.6. The van der Waals surface area contributed by atoms with Crippen LogP contribution in [-0.2, 0) is 26.5 Å². The second kappa shape index (κ2) is 7.55. The topological polar surface area (TPSA) is 76.1 Å². The van der Waals surface area contributed by atoms with Gasteiger partial charge in [0.15, 0.2) is 15.0 Å². The Kier molecular flexibility index (Phi) is 5.23. The summed E-state index contributed by atoms with van der Waals surface area (Å²) in [5, 5.41) is 4.19. The van der Waals surface area contributed by atoms with Gasteiger partial charge in [0.2, 0.25) is 5.91 Å². The van der Waals surface area contributed by atoms with Gasteiger partial charge in [-0.25, -0.2) is 13.4 Å². The first-order chi connectivity index (χ1) is 13.8. The number of carbonyl (C=O) groups is 1. The lowest BCUT2D eigenvalue weighted by Gasteiger charge is -2.15. The summed E-state index contributed by atoms with van der Waals surface area (Å²) in [7, 11) is -3.26. The Morgan fingerprint density at radius 1 is 1.17 bits per heavy atom. The fourth-order valence-corrected chi connectivity index (χ4v) is 4.95. The number of nitrogens with one attached hydrogen (secondary N) is 1. The van der Waals surface area contributed by atoms with E-state index in [4.69, 9.17) is 11.6 Å². The number of rotatable bonds is 6. The lowest BCUT2D eigenvalue weighted by atomic mass is 9.95. The molecule has 0 radical (unpaired) electrons. The molecule has 3 aromatic rings. The minimum Gasteiger partial charge on any atom is -0.301 e. The lowest BCUT2D eigenvalue weighted by molar-refractivity contribution is -0.118. The number of halogens is 1. The van der Waals surface area contributed by atoms with E-state index >= 15 is 0 Å². The highest BCUT2D eigenvalue weighted by atomic mass is 35.5. The summed E-state index contributed by atoms with van der Waals surface area (Å²) in [6.45, 7) is 0. The summed E-state index contributed by atoms with van der Waals surface area (Å²) in [6.07, 6.45) is 5.05. The van der Waals surface area contributed by atoms with Crippen molar-refractivity contribution >= 4 is 43.8 Å². The molecule has 1 N–H and O–H groups in total. The normalized spacial score (nSPS) is 15.1. The van der Waals surface area contributed by atoms with Crippen LogP contribution in [0.25, 0.3) is 0 Å². The monoisotopic (exact) mass is 446 g/mol. The Hall–Kier alpha value is -2.22. The van der Waals surface area contributed by atoms with Crippen LogP contribution in [0, 0.1) is 0 Å². The first kappa shape index (κ1) is 20.1. The standard InChI is InChI=1S/C21H19ClN2O3S2/c1-29(26,27)17-8-6-15(7-9-17)21(10-11-21)19(25)24-20-23-13-16(28-20)12-14-4-2-3-5-18(14)22/h2-9,13H,10-12H2,1H3,(H,23,24,25). The zero-order valence-electron chi connectivity index (χ0n) is 15.7. The van der Waals surface area contributed by atoms with Gasteiger partial charge in [0.05, 0.1) is 10.3 Å². The van der Waals surface area contributed by atoms with Crippen molar-refractivity contribution in [2.45, 2.75) is 29.6 Å². The molecule has 0 atom stereocenters. The van der Waals surface area contributed by atoms with Gasteiger partial charge in [-0.3, -0.25) is 4.79 Å². The second-order valence-corrected chi connectivity index (χ2v) is 10.8. The second-order valence-electron chi connectivity index (χ2n) is 7.23. The maximum Gasteiger partial charge on any atom is 0.236 e. The maximum absolute atomic E-state index is 12.9. The number of nitrogens with zero attached hydrogens (tertiary/aromatic N) is 1. The first-order valence-corrected chi connectivity index (χ1v) is 12.2. The molecule has 1 saturated carbocycles. The van der Waals surface area contributed by atoms with E-state index in [1.165, 1.54) is 17.6 Å². The first-order valence-electron chi connectivity index (χ1n) is 9.08. The molecule has 1 fully saturated rings. The number of thiazole rings is 1. The number of sulfone groups is 1. The van der Waals surface area contributed by atoms with E-state index in [1.807, 2.05) is 24.3 Å². The highest BCUT2D eigenvalue weighted by Crippen LogP contribution is 2.49. The van der Waals surface area contributed by atoms with Gasteiger partial charge < -0.3 is 5.32 Å². The molecule has 1 aromatic heterocycles. The number of hydrogen-bond acceptors (Lipinski definition) is 5. The molecule has 1 aliphatic rings. The van der Waals surface area contributed by atoms with E-state index in [-0.39, 0.29) is 10.8 Å². The highest BCUT2D eigenvalue weighted by molar-refractivity contribution is 7.90. The zero-order valence-corrected chi connectivity index (χ0v) is 18.1. The molecule has 2 aromatic carbocycles. The van der Waals surface area contributed by atoms with Gasteiger partial charge in [-0.15, -0.1) is 11.3 Å². The molecule has 1 amide bonds. The molecule has 0 unspecified atom stereocenters. The molecule has 0 aliphatic heterocycles. The van der Waals surface area contributed by atoms with Crippen LogP contribution >= 0.6 is 22.9 Å². The molecule has 5 nitrogen and oxygen atoms in total. The van der Waals surface area contributed by atoms with Crippen molar-refractivity contribution < 1.29 is 13.2 Å². The number of benzene rings is 2. The number of carbonyl (C=O) groups excluding carboxylic acids is 1. The van der Waals surface area contributed by atoms with Crippen LogP contribution in [-0.4, -0.2) is 25.6 Å². The Balaban J connectivity index is 1.47. The third-order valence-corrected chi connectivity index (χ3v) is 7.53. The summed E-state index contributed by atoms with van der Waals surface area (Å²) in [5.41, 5.74) is 1.24. The molecular weight excluding hydrogens is 428 g/mol. The molecule has 4 rings (SSSR count). The lowest BCUT2D eigenvalue weighted by Crippen LogP contribution is -2.27. The minimum atomic E-state index is -3.26. The Morgan fingerprint density at radius 2 is 1.86 bits per heavy atom. The number of anilines is 1. The van der Waals surface area contributed by atoms with Crippen molar-refractivity contribution in [3.05, 3.63) is 75.8 Å². The van der Waals surface area contributed by atoms with Crippen LogP contribution in [0.4, 0.5) is 5.13 Å². The fraction of sp³-hybridized carbons (Fsp3) is 0.238. The molecule has 29 heavy (non-hydrogen) atoms. The van der Waals surface area contributed by atoms with Crippen molar-refractivity contribution in [2.24, 2.45) is 0 Å². The molecule has 0 bridgehead atoms. The van der Waals surface area contributed by atoms with Gasteiger partial charge in [0, 0.05) is 28.8 Å². The molecule has 8 heteroatoms.